The Balaban J connectivity index is 2.43. The van der Waals surface area contributed by atoms with E-state index in [4.69, 9.17) is 0 Å². The van der Waals surface area contributed by atoms with Crippen LogP contribution in [-0.4, -0.2) is 6.54 Å². The first-order chi connectivity index (χ1) is 9.15. The highest BCUT2D eigenvalue weighted by Crippen LogP contribution is 2.33. The summed E-state index contributed by atoms with van der Waals surface area (Å²) in [4.78, 5) is 1.39. The molecule has 3 heteroatoms. The summed E-state index contributed by atoms with van der Waals surface area (Å²) in [6, 6.07) is 9.01. The van der Waals surface area contributed by atoms with Gasteiger partial charge >= 0.3 is 0 Å². The van der Waals surface area contributed by atoms with Crippen molar-refractivity contribution in [3.05, 3.63) is 55.7 Å². The Kier molecular flexibility index (Phi) is 5.20. The number of thiophene rings is 1. The third-order valence-corrected chi connectivity index (χ3v) is 5.29. The lowest BCUT2D eigenvalue weighted by molar-refractivity contribution is 0.596. The lowest BCUT2D eigenvalue weighted by atomic mass is 9.98. The molecule has 102 valence electrons. The summed E-state index contributed by atoms with van der Waals surface area (Å²) in [6.07, 6.45) is 1.14. The molecular weight excluding hydrogens is 318 g/mol. The first kappa shape index (κ1) is 14.8. The fraction of sp³-hybridized carbons (Fsp3) is 0.375. The molecule has 1 aromatic heterocycles. The van der Waals surface area contributed by atoms with Crippen molar-refractivity contribution in [2.75, 3.05) is 6.54 Å². The first-order valence-electron chi connectivity index (χ1n) is 6.67. The van der Waals surface area contributed by atoms with Gasteiger partial charge in [-0.1, -0.05) is 41.1 Å². The number of hydrogen-bond donors (Lipinski definition) is 1. The van der Waals surface area contributed by atoms with Gasteiger partial charge in [0.25, 0.3) is 0 Å². The van der Waals surface area contributed by atoms with E-state index in [1.165, 1.54) is 26.0 Å². The second-order valence-electron chi connectivity index (χ2n) is 4.80. The van der Waals surface area contributed by atoms with Gasteiger partial charge in [-0.2, -0.15) is 0 Å². The fourth-order valence-electron chi connectivity index (χ4n) is 2.26. The van der Waals surface area contributed by atoms with Gasteiger partial charge < -0.3 is 5.32 Å². The summed E-state index contributed by atoms with van der Waals surface area (Å²) >= 11 is 5.56. The topological polar surface area (TPSA) is 12.0 Å². The largest absolute Gasteiger partial charge is 0.306 e. The molecule has 1 unspecified atom stereocenters. The Morgan fingerprint density at radius 2 is 2.00 bits per heavy atom. The number of aryl methyl sites for hydroxylation is 2. The molecule has 0 radical (unpaired) electrons. The van der Waals surface area contributed by atoms with E-state index in [9.17, 15) is 0 Å². The van der Waals surface area contributed by atoms with E-state index < -0.39 is 0 Å². The molecule has 1 heterocycles. The molecule has 0 aliphatic carbocycles. The summed E-state index contributed by atoms with van der Waals surface area (Å²) in [5.74, 6) is 0. The number of rotatable bonds is 5. The molecule has 0 aliphatic rings. The van der Waals surface area contributed by atoms with Gasteiger partial charge in [0.2, 0.25) is 0 Å². The maximum absolute atomic E-state index is 3.75. The smallest absolute Gasteiger partial charge is 0.0598 e. The second kappa shape index (κ2) is 6.69. The summed E-state index contributed by atoms with van der Waals surface area (Å²) in [6.45, 7) is 7.57. The summed E-state index contributed by atoms with van der Waals surface area (Å²) < 4.78 is 1.22. The van der Waals surface area contributed by atoms with Crippen molar-refractivity contribution in [3.8, 4) is 0 Å². The quantitative estimate of drug-likeness (QED) is 0.788. The molecule has 0 fully saturated rings. The number of benzene rings is 1. The first-order valence-corrected chi connectivity index (χ1v) is 8.34. The Labute approximate surface area is 128 Å². The van der Waals surface area contributed by atoms with Crippen LogP contribution < -0.4 is 5.32 Å². The van der Waals surface area contributed by atoms with Crippen LogP contribution in [0.5, 0.6) is 0 Å². The van der Waals surface area contributed by atoms with Crippen LogP contribution in [-0.2, 0) is 0 Å². The molecule has 1 N–H and O–H groups in total. The maximum atomic E-state index is 3.75. The van der Waals surface area contributed by atoms with Crippen LogP contribution in [0, 0.1) is 13.8 Å². The molecule has 0 saturated carbocycles. The van der Waals surface area contributed by atoms with Crippen molar-refractivity contribution >= 4 is 27.3 Å². The third-order valence-electron chi connectivity index (χ3n) is 3.34. The molecule has 0 amide bonds. The Morgan fingerprint density at radius 1 is 1.21 bits per heavy atom. The van der Waals surface area contributed by atoms with E-state index in [1.807, 2.05) is 11.3 Å². The summed E-state index contributed by atoms with van der Waals surface area (Å²) in [5, 5.41) is 5.85. The van der Waals surface area contributed by atoms with Crippen molar-refractivity contribution in [1.82, 2.24) is 5.32 Å². The van der Waals surface area contributed by atoms with E-state index in [2.05, 4.69) is 71.7 Å². The number of nitrogens with one attached hydrogen (secondary N) is 1. The lowest BCUT2D eigenvalue weighted by Gasteiger charge is -2.21. The molecule has 1 atom stereocenters. The van der Waals surface area contributed by atoms with Gasteiger partial charge in [-0.25, -0.2) is 0 Å². The molecule has 1 nitrogen and oxygen atoms in total. The van der Waals surface area contributed by atoms with Crippen molar-refractivity contribution < 1.29 is 0 Å². The van der Waals surface area contributed by atoms with Gasteiger partial charge in [0.1, 0.15) is 0 Å². The number of hydrogen-bond acceptors (Lipinski definition) is 2. The van der Waals surface area contributed by atoms with E-state index >= 15 is 0 Å². The highest BCUT2D eigenvalue weighted by molar-refractivity contribution is 9.10. The Morgan fingerprint density at radius 3 is 2.63 bits per heavy atom. The molecule has 0 spiro atoms. The second-order valence-corrected chi connectivity index (χ2v) is 6.71. The minimum absolute atomic E-state index is 0.278. The molecule has 2 aromatic rings. The zero-order chi connectivity index (χ0) is 13.8. The summed E-state index contributed by atoms with van der Waals surface area (Å²) in [5.41, 5.74) is 4.01. The van der Waals surface area contributed by atoms with Gasteiger partial charge in [0.05, 0.1) is 6.04 Å². The minimum Gasteiger partial charge on any atom is -0.306 e. The van der Waals surface area contributed by atoms with Crippen molar-refractivity contribution in [3.63, 3.8) is 0 Å². The number of halogens is 1. The zero-order valence-electron chi connectivity index (χ0n) is 11.7. The van der Waals surface area contributed by atoms with E-state index in [0.29, 0.717) is 0 Å². The molecule has 2 rings (SSSR count). The molecule has 19 heavy (non-hydrogen) atoms. The lowest BCUT2D eigenvalue weighted by Crippen LogP contribution is -2.23. The van der Waals surface area contributed by atoms with Crippen molar-refractivity contribution in [2.45, 2.75) is 33.2 Å². The normalized spacial score (nSPS) is 12.6. The van der Waals surface area contributed by atoms with Crippen LogP contribution in [0.1, 0.15) is 41.0 Å². The van der Waals surface area contributed by atoms with Crippen LogP contribution >= 0.6 is 27.3 Å². The van der Waals surface area contributed by atoms with Gasteiger partial charge in [0.15, 0.2) is 0 Å². The van der Waals surface area contributed by atoms with E-state index in [1.54, 1.807) is 0 Å². The standard InChI is InChI=1S/C16H20BrNS/c1-4-9-18-16(13-8-10-19-12(13)3)14-7-5-6-11(2)15(14)17/h5-8,10,16,18H,4,9H2,1-3H3. The average molecular weight is 338 g/mol. The van der Waals surface area contributed by atoms with Gasteiger partial charge in [-0.15, -0.1) is 11.3 Å². The molecule has 0 saturated heterocycles. The average Bonchev–Trinajstić information content (AvgIpc) is 2.81. The molecule has 0 aliphatic heterocycles. The summed E-state index contributed by atoms with van der Waals surface area (Å²) in [7, 11) is 0. The van der Waals surface area contributed by atoms with Crippen LogP contribution in [0.25, 0.3) is 0 Å². The molecular formula is C16H20BrNS. The van der Waals surface area contributed by atoms with Crippen LogP contribution in [0.4, 0.5) is 0 Å². The Bertz CT molecular complexity index is 547. The Hall–Kier alpha value is -0.640. The van der Waals surface area contributed by atoms with Crippen molar-refractivity contribution in [1.29, 1.82) is 0 Å². The van der Waals surface area contributed by atoms with Crippen LogP contribution in [0.2, 0.25) is 0 Å². The third kappa shape index (κ3) is 3.28. The molecule has 0 bridgehead atoms. The van der Waals surface area contributed by atoms with Gasteiger partial charge in [-0.05, 0) is 54.9 Å². The highest BCUT2D eigenvalue weighted by atomic mass is 79.9. The highest BCUT2D eigenvalue weighted by Gasteiger charge is 2.19. The maximum Gasteiger partial charge on any atom is 0.0598 e. The SMILES string of the molecule is CCCNC(c1ccsc1C)c1cccc(C)c1Br. The minimum atomic E-state index is 0.278. The van der Waals surface area contributed by atoms with Crippen LogP contribution in [0.15, 0.2) is 34.1 Å². The van der Waals surface area contributed by atoms with E-state index in [-0.39, 0.29) is 6.04 Å². The predicted octanol–water partition coefficient (Wildman–Crippen LogP) is 5.22. The monoisotopic (exact) mass is 337 g/mol. The fourth-order valence-corrected chi connectivity index (χ4v) is 3.50. The zero-order valence-corrected chi connectivity index (χ0v) is 14.1. The van der Waals surface area contributed by atoms with E-state index in [0.717, 1.165) is 13.0 Å². The van der Waals surface area contributed by atoms with Gasteiger partial charge in [-0.3, -0.25) is 0 Å². The predicted molar refractivity (Wildman–Crippen MR) is 88.1 cm³/mol. The van der Waals surface area contributed by atoms with Crippen LogP contribution in [0.3, 0.4) is 0 Å². The van der Waals surface area contributed by atoms with Gasteiger partial charge in [0, 0.05) is 9.35 Å². The molecule has 1 aromatic carbocycles. The van der Waals surface area contributed by atoms with Crippen molar-refractivity contribution in [2.24, 2.45) is 0 Å².